The molecule has 0 spiro atoms. The molecular formula is C10H6ClN5O5. The van der Waals surface area contributed by atoms with Gasteiger partial charge in [-0.3, -0.25) is 20.2 Å². The summed E-state index contributed by atoms with van der Waals surface area (Å²) in [4.78, 5) is 27.2. The molecule has 108 valence electrons. The van der Waals surface area contributed by atoms with E-state index < -0.39 is 21.4 Å². The summed E-state index contributed by atoms with van der Waals surface area (Å²) in [6, 6.07) is 3.41. The molecule has 1 aromatic carbocycles. The van der Waals surface area contributed by atoms with Crippen molar-refractivity contribution in [3.05, 3.63) is 49.6 Å². The lowest BCUT2D eigenvalue weighted by molar-refractivity contribution is -0.386. The van der Waals surface area contributed by atoms with Crippen LogP contribution in [0.2, 0.25) is 5.02 Å². The predicted octanol–water partition coefficient (Wildman–Crippen LogP) is 2.32. The van der Waals surface area contributed by atoms with E-state index in [-0.39, 0.29) is 22.4 Å². The van der Waals surface area contributed by atoms with E-state index in [0.29, 0.717) is 0 Å². The SMILES string of the molecule is Nc1ncc([N+](=O)[O-])c(Oc2cc([N+](=O)[O-])ccc2Cl)n1. The number of halogens is 1. The molecule has 0 aliphatic rings. The number of nitrogens with two attached hydrogens (primary N) is 1. The Labute approximate surface area is 121 Å². The highest BCUT2D eigenvalue weighted by molar-refractivity contribution is 6.32. The lowest BCUT2D eigenvalue weighted by atomic mass is 10.3. The van der Waals surface area contributed by atoms with Crippen molar-refractivity contribution in [1.82, 2.24) is 9.97 Å². The molecule has 0 fully saturated rings. The van der Waals surface area contributed by atoms with E-state index in [4.69, 9.17) is 22.1 Å². The van der Waals surface area contributed by atoms with Gasteiger partial charge >= 0.3 is 11.6 Å². The second kappa shape index (κ2) is 5.54. The van der Waals surface area contributed by atoms with E-state index in [2.05, 4.69) is 9.97 Å². The van der Waals surface area contributed by atoms with Gasteiger partial charge in [-0.25, -0.2) is 4.98 Å². The maximum atomic E-state index is 10.8. The number of benzene rings is 1. The Balaban J connectivity index is 2.47. The number of hydrogen-bond acceptors (Lipinski definition) is 8. The third-order valence-corrected chi connectivity index (χ3v) is 2.60. The Morgan fingerprint density at radius 3 is 2.57 bits per heavy atom. The van der Waals surface area contributed by atoms with Crippen molar-refractivity contribution >= 4 is 28.9 Å². The van der Waals surface area contributed by atoms with Crippen molar-refractivity contribution in [3.8, 4) is 11.6 Å². The molecule has 0 saturated carbocycles. The van der Waals surface area contributed by atoms with Gasteiger partial charge in [0.2, 0.25) is 5.95 Å². The number of nitrogens with zero attached hydrogens (tertiary/aromatic N) is 4. The first kappa shape index (κ1) is 14.4. The van der Waals surface area contributed by atoms with Gasteiger partial charge in [0.25, 0.3) is 5.69 Å². The number of nitro groups is 2. The molecule has 10 nitrogen and oxygen atoms in total. The topological polar surface area (TPSA) is 147 Å². The number of ether oxygens (including phenoxy) is 1. The van der Waals surface area contributed by atoms with Crippen LogP contribution in [0.25, 0.3) is 0 Å². The van der Waals surface area contributed by atoms with Crippen molar-refractivity contribution in [2.24, 2.45) is 0 Å². The van der Waals surface area contributed by atoms with Gasteiger partial charge in [-0.1, -0.05) is 11.6 Å². The third-order valence-electron chi connectivity index (χ3n) is 2.28. The minimum atomic E-state index is -0.778. The van der Waals surface area contributed by atoms with Crippen LogP contribution in [-0.2, 0) is 0 Å². The molecule has 0 amide bonds. The van der Waals surface area contributed by atoms with Gasteiger partial charge < -0.3 is 10.5 Å². The summed E-state index contributed by atoms with van der Waals surface area (Å²) in [6.07, 6.45) is 0.864. The van der Waals surface area contributed by atoms with Crippen LogP contribution >= 0.6 is 11.6 Å². The number of aromatic nitrogens is 2. The molecule has 2 aromatic rings. The van der Waals surface area contributed by atoms with Crippen molar-refractivity contribution < 1.29 is 14.6 Å². The van der Waals surface area contributed by atoms with Gasteiger partial charge in [-0.05, 0) is 6.07 Å². The molecule has 0 bridgehead atoms. The number of nitro benzene ring substituents is 1. The minimum Gasteiger partial charge on any atom is -0.432 e. The highest BCUT2D eigenvalue weighted by Crippen LogP contribution is 2.35. The fraction of sp³-hybridized carbons (Fsp3) is 0. The Morgan fingerprint density at radius 1 is 1.24 bits per heavy atom. The van der Waals surface area contributed by atoms with E-state index in [1.165, 1.54) is 6.07 Å². The zero-order valence-electron chi connectivity index (χ0n) is 10.1. The minimum absolute atomic E-state index is 0.0204. The van der Waals surface area contributed by atoms with Crippen LogP contribution in [0.3, 0.4) is 0 Å². The summed E-state index contributed by atoms with van der Waals surface area (Å²) in [5, 5.41) is 21.6. The van der Waals surface area contributed by atoms with Crippen LogP contribution < -0.4 is 10.5 Å². The second-order valence-electron chi connectivity index (χ2n) is 3.65. The average Bonchev–Trinajstić information content (AvgIpc) is 2.40. The van der Waals surface area contributed by atoms with Crippen molar-refractivity contribution in [1.29, 1.82) is 0 Å². The maximum absolute atomic E-state index is 10.8. The maximum Gasteiger partial charge on any atom is 0.349 e. The van der Waals surface area contributed by atoms with Crippen LogP contribution in [0.1, 0.15) is 0 Å². The van der Waals surface area contributed by atoms with Gasteiger partial charge in [-0.15, -0.1) is 0 Å². The molecule has 0 saturated heterocycles. The summed E-state index contributed by atoms with van der Waals surface area (Å²) in [5.41, 5.74) is 4.49. The molecule has 0 radical (unpaired) electrons. The fourth-order valence-corrected chi connectivity index (χ4v) is 1.52. The van der Waals surface area contributed by atoms with Crippen molar-refractivity contribution in [3.63, 3.8) is 0 Å². The van der Waals surface area contributed by atoms with E-state index in [1.54, 1.807) is 0 Å². The van der Waals surface area contributed by atoms with Crippen molar-refractivity contribution in [2.45, 2.75) is 0 Å². The predicted molar refractivity (Wildman–Crippen MR) is 71.3 cm³/mol. The Kier molecular flexibility index (Phi) is 3.80. The molecule has 0 aliphatic heterocycles. The summed E-state index contributed by atoms with van der Waals surface area (Å²) in [5.74, 6) is -0.876. The third kappa shape index (κ3) is 3.12. The largest absolute Gasteiger partial charge is 0.432 e. The second-order valence-corrected chi connectivity index (χ2v) is 4.06. The quantitative estimate of drug-likeness (QED) is 0.668. The monoisotopic (exact) mass is 311 g/mol. The molecule has 0 atom stereocenters. The number of rotatable bonds is 4. The van der Waals surface area contributed by atoms with Crippen molar-refractivity contribution in [2.75, 3.05) is 5.73 Å². The van der Waals surface area contributed by atoms with Gasteiger partial charge in [-0.2, -0.15) is 4.98 Å². The first-order valence-corrected chi connectivity index (χ1v) is 5.65. The smallest absolute Gasteiger partial charge is 0.349 e. The van der Waals surface area contributed by atoms with Crippen LogP contribution in [0, 0.1) is 20.2 Å². The lowest BCUT2D eigenvalue weighted by Gasteiger charge is -2.07. The Bertz CT molecular complexity index is 738. The molecule has 2 N–H and O–H groups in total. The van der Waals surface area contributed by atoms with E-state index in [0.717, 1.165) is 18.3 Å². The van der Waals surface area contributed by atoms with Gasteiger partial charge in [0, 0.05) is 6.07 Å². The summed E-state index contributed by atoms with van der Waals surface area (Å²) in [6.45, 7) is 0. The summed E-state index contributed by atoms with van der Waals surface area (Å²) < 4.78 is 5.16. The zero-order chi connectivity index (χ0) is 15.6. The molecule has 1 aromatic heterocycles. The first-order valence-electron chi connectivity index (χ1n) is 5.27. The number of nitrogen functional groups attached to an aromatic ring is 1. The fourth-order valence-electron chi connectivity index (χ4n) is 1.36. The average molecular weight is 312 g/mol. The normalized spacial score (nSPS) is 10.1. The lowest BCUT2D eigenvalue weighted by Crippen LogP contribution is -2.01. The van der Waals surface area contributed by atoms with Crippen LogP contribution in [0.5, 0.6) is 11.6 Å². The molecule has 21 heavy (non-hydrogen) atoms. The zero-order valence-corrected chi connectivity index (χ0v) is 10.9. The van der Waals surface area contributed by atoms with Gasteiger partial charge in [0.1, 0.15) is 6.20 Å². The van der Waals surface area contributed by atoms with E-state index >= 15 is 0 Å². The van der Waals surface area contributed by atoms with Crippen LogP contribution in [-0.4, -0.2) is 19.8 Å². The van der Waals surface area contributed by atoms with Gasteiger partial charge in [0.15, 0.2) is 5.75 Å². The molecular weight excluding hydrogens is 306 g/mol. The summed E-state index contributed by atoms with van der Waals surface area (Å²) in [7, 11) is 0. The highest BCUT2D eigenvalue weighted by Gasteiger charge is 2.21. The van der Waals surface area contributed by atoms with E-state index in [1.807, 2.05) is 0 Å². The van der Waals surface area contributed by atoms with Crippen LogP contribution in [0.4, 0.5) is 17.3 Å². The first-order chi connectivity index (χ1) is 9.88. The molecule has 11 heteroatoms. The molecule has 2 rings (SSSR count). The standard InChI is InChI=1S/C10H6ClN5O5/c11-6-2-1-5(15(17)18)3-8(6)21-9-7(16(19)20)4-13-10(12)14-9/h1-4H,(H2,12,13,14). The van der Waals surface area contributed by atoms with Gasteiger partial charge in [0.05, 0.1) is 20.9 Å². The van der Waals surface area contributed by atoms with Crippen LogP contribution in [0.15, 0.2) is 24.4 Å². The number of hydrogen-bond donors (Lipinski definition) is 1. The summed E-state index contributed by atoms with van der Waals surface area (Å²) >= 11 is 5.83. The Hall–Kier alpha value is -3.01. The molecule has 1 heterocycles. The molecule has 0 unspecified atom stereocenters. The number of anilines is 1. The Morgan fingerprint density at radius 2 is 1.95 bits per heavy atom. The highest BCUT2D eigenvalue weighted by atomic mass is 35.5. The van der Waals surface area contributed by atoms with E-state index in [9.17, 15) is 20.2 Å². The molecule has 0 aliphatic carbocycles. The number of non-ortho nitro benzene ring substituents is 1.